The summed E-state index contributed by atoms with van der Waals surface area (Å²) in [5.74, 6) is 0.195. The monoisotopic (exact) mass is 294 g/mol. The zero-order chi connectivity index (χ0) is 15.2. The summed E-state index contributed by atoms with van der Waals surface area (Å²) in [6.07, 6.45) is 9.63. The fraction of sp³-hybridized carbons (Fsp3) is 0.706. The first-order valence-electron chi connectivity index (χ1n) is 7.91. The Balaban J connectivity index is 2.07. The summed E-state index contributed by atoms with van der Waals surface area (Å²) in [4.78, 5) is 11.9. The molecule has 0 aromatic heterocycles. The Morgan fingerprint density at radius 1 is 1.24 bits per heavy atom. The van der Waals surface area contributed by atoms with E-state index in [4.69, 9.17) is 9.47 Å². The SMILES string of the molecule is C/C1=C/C(=O)OC2CC(O)O[C@H](CCC(C)/C=C\CC1)C2. The van der Waals surface area contributed by atoms with Gasteiger partial charge in [-0.25, -0.2) is 4.79 Å². The second-order valence-electron chi connectivity index (χ2n) is 6.26. The van der Waals surface area contributed by atoms with Gasteiger partial charge >= 0.3 is 5.97 Å². The molecular formula is C17H26O4. The summed E-state index contributed by atoms with van der Waals surface area (Å²) in [7, 11) is 0. The number of aliphatic hydroxyl groups is 1. The van der Waals surface area contributed by atoms with Crippen molar-refractivity contribution < 1.29 is 19.4 Å². The fourth-order valence-electron chi connectivity index (χ4n) is 2.89. The summed E-state index contributed by atoms with van der Waals surface area (Å²) < 4.78 is 11.0. The van der Waals surface area contributed by atoms with Gasteiger partial charge in [-0.1, -0.05) is 24.6 Å². The first-order chi connectivity index (χ1) is 10.0. The van der Waals surface area contributed by atoms with Crippen LogP contribution < -0.4 is 0 Å². The van der Waals surface area contributed by atoms with Gasteiger partial charge in [-0.2, -0.15) is 0 Å². The number of allylic oxidation sites excluding steroid dienone is 3. The summed E-state index contributed by atoms with van der Waals surface area (Å²) >= 11 is 0. The van der Waals surface area contributed by atoms with Crippen molar-refractivity contribution in [3.8, 4) is 0 Å². The fourth-order valence-corrected chi connectivity index (χ4v) is 2.89. The van der Waals surface area contributed by atoms with E-state index < -0.39 is 6.29 Å². The molecule has 0 spiro atoms. The normalized spacial score (nSPS) is 39.6. The molecule has 4 nitrogen and oxygen atoms in total. The minimum absolute atomic E-state index is 0.0320. The average molecular weight is 294 g/mol. The number of carbonyl (C=O) groups excluding carboxylic acids is 1. The molecular weight excluding hydrogens is 268 g/mol. The molecule has 2 heterocycles. The molecule has 1 fully saturated rings. The summed E-state index contributed by atoms with van der Waals surface area (Å²) in [6.45, 7) is 4.15. The van der Waals surface area contributed by atoms with Crippen molar-refractivity contribution in [1.29, 1.82) is 0 Å². The van der Waals surface area contributed by atoms with Crippen LogP contribution in [0.4, 0.5) is 0 Å². The van der Waals surface area contributed by atoms with Crippen LogP contribution in [0.1, 0.15) is 52.4 Å². The predicted octanol–water partition coefficient (Wildman–Crippen LogP) is 3.11. The van der Waals surface area contributed by atoms with E-state index in [-0.39, 0.29) is 18.2 Å². The van der Waals surface area contributed by atoms with Crippen molar-refractivity contribution in [1.82, 2.24) is 0 Å². The second kappa shape index (κ2) is 7.76. The lowest BCUT2D eigenvalue weighted by molar-refractivity contribution is -0.200. The molecule has 2 bridgehead atoms. The third-order valence-corrected chi connectivity index (χ3v) is 4.10. The van der Waals surface area contributed by atoms with Gasteiger partial charge in [0.1, 0.15) is 6.10 Å². The smallest absolute Gasteiger partial charge is 0.330 e. The maximum Gasteiger partial charge on any atom is 0.330 e. The van der Waals surface area contributed by atoms with Gasteiger partial charge in [-0.05, 0) is 38.5 Å². The molecule has 0 aliphatic carbocycles. The molecule has 4 heteroatoms. The highest BCUT2D eigenvalue weighted by Gasteiger charge is 2.30. The maximum absolute atomic E-state index is 11.9. The van der Waals surface area contributed by atoms with E-state index in [0.717, 1.165) is 31.3 Å². The molecule has 2 aliphatic rings. The molecule has 2 aliphatic heterocycles. The number of fused-ring (bicyclic) bond motifs is 2. The van der Waals surface area contributed by atoms with Crippen LogP contribution in [0.3, 0.4) is 0 Å². The number of aliphatic hydroxyl groups excluding tert-OH is 1. The molecule has 0 saturated carbocycles. The van der Waals surface area contributed by atoms with Crippen molar-refractivity contribution in [2.24, 2.45) is 5.92 Å². The quantitative estimate of drug-likeness (QED) is 0.551. The Labute approximate surface area is 126 Å². The average Bonchev–Trinajstić information content (AvgIpc) is 2.39. The summed E-state index contributed by atoms with van der Waals surface area (Å²) in [5, 5.41) is 9.78. The van der Waals surface area contributed by atoms with Crippen LogP contribution in [0, 0.1) is 5.92 Å². The van der Waals surface area contributed by atoms with Crippen LogP contribution in [0.15, 0.2) is 23.8 Å². The number of esters is 1. The van der Waals surface area contributed by atoms with Crippen LogP contribution in [0.25, 0.3) is 0 Å². The van der Waals surface area contributed by atoms with Gasteiger partial charge in [-0.3, -0.25) is 0 Å². The lowest BCUT2D eigenvalue weighted by Crippen LogP contribution is -2.38. The highest BCUT2D eigenvalue weighted by atomic mass is 16.6. The number of hydrogen-bond acceptors (Lipinski definition) is 4. The van der Waals surface area contributed by atoms with Gasteiger partial charge in [0, 0.05) is 18.9 Å². The molecule has 4 atom stereocenters. The van der Waals surface area contributed by atoms with Gasteiger partial charge < -0.3 is 14.6 Å². The molecule has 2 rings (SSSR count). The lowest BCUT2D eigenvalue weighted by Gasteiger charge is -2.32. The zero-order valence-corrected chi connectivity index (χ0v) is 13.0. The van der Waals surface area contributed by atoms with Crippen molar-refractivity contribution >= 4 is 5.97 Å². The maximum atomic E-state index is 11.9. The highest BCUT2D eigenvalue weighted by Crippen LogP contribution is 2.26. The van der Waals surface area contributed by atoms with Crippen LogP contribution in [-0.2, 0) is 14.3 Å². The Morgan fingerprint density at radius 2 is 2.05 bits per heavy atom. The van der Waals surface area contributed by atoms with E-state index in [9.17, 15) is 9.90 Å². The number of rotatable bonds is 0. The van der Waals surface area contributed by atoms with Crippen molar-refractivity contribution in [2.45, 2.75) is 70.9 Å². The molecule has 1 N–H and O–H groups in total. The Morgan fingerprint density at radius 3 is 2.86 bits per heavy atom. The van der Waals surface area contributed by atoms with E-state index in [1.165, 1.54) is 0 Å². The topological polar surface area (TPSA) is 55.8 Å². The lowest BCUT2D eigenvalue weighted by atomic mass is 9.96. The van der Waals surface area contributed by atoms with Crippen LogP contribution in [-0.4, -0.2) is 29.6 Å². The molecule has 0 aromatic carbocycles. The number of carbonyl (C=O) groups is 1. The zero-order valence-electron chi connectivity index (χ0n) is 13.0. The molecule has 1 saturated heterocycles. The Bertz CT molecular complexity index is 413. The highest BCUT2D eigenvalue weighted by molar-refractivity contribution is 5.82. The summed E-state index contributed by atoms with van der Waals surface area (Å²) in [5.41, 5.74) is 1.03. The van der Waals surface area contributed by atoms with E-state index in [2.05, 4.69) is 19.1 Å². The van der Waals surface area contributed by atoms with Gasteiger partial charge in [0.2, 0.25) is 0 Å². The second-order valence-corrected chi connectivity index (χ2v) is 6.26. The van der Waals surface area contributed by atoms with E-state index in [1.807, 2.05) is 6.92 Å². The molecule has 0 radical (unpaired) electrons. The minimum Gasteiger partial charge on any atom is -0.459 e. The van der Waals surface area contributed by atoms with E-state index in [0.29, 0.717) is 18.8 Å². The van der Waals surface area contributed by atoms with E-state index >= 15 is 0 Å². The van der Waals surface area contributed by atoms with Gasteiger partial charge in [0.25, 0.3) is 0 Å². The van der Waals surface area contributed by atoms with Crippen molar-refractivity contribution in [2.75, 3.05) is 0 Å². The largest absolute Gasteiger partial charge is 0.459 e. The molecule has 0 aromatic rings. The van der Waals surface area contributed by atoms with Gasteiger partial charge in [0.15, 0.2) is 6.29 Å². The Hall–Kier alpha value is -1.13. The standard InChI is InChI=1S/C17H26O4/c1-12-5-3-4-6-13(2)9-16(18)21-15-10-14(8-7-12)20-17(19)11-15/h3,5,9,12,14-15,17,19H,4,6-8,10-11H2,1-2H3/b5-3-,13-9-/t12?,14-,15?,17?/m1/s1. The third-order valence-electron chi connectivity index (χ3n) is 4.10. The molecule has 3 unspecified atom stereocenters. The van der Waals surface area contributed by atoms with E-state index in [1.54, 1.807) is 6.08 Å². The molecule has 0 amide bonds. The number of ether oxygens (including phenoxy) is 2. The first kappa shape index (κ1) is 16.2. The van der Waals surface area contributed by atoms with Gasteiger partial charge in [0.05, 0.1) is 6.10 Å². The molecule has 118 valence electrons. The van der Waals surface area contributed by atoms with Crippen molar-refractivity contribution in [3.05, 3.63) is 23.8 Å². The minimum atomic E-state index is -0.828. The third kappa shape index (κ3) is 5.64. The summed E-state index contributed by atoms with van der Waals surface area (Å²) in [6, 6.07) is 0. The van der Waals surface area contributed by atoms with Crippen LogP contribution in [0.5, 0.6) is 0 Å². The van der Waals surface area contributed by atoms with Gasteiger partial charge in [-0.15, -0.1) is 0 Å². The van der Waals surface area contributed by atoms with Crippen molar-refractivity contribution in [3.63, 3.8) is 0 Å². The predicted molar refractivity (Wildman–Crippen MR) is 80.5 cm³/mol. The molecule has 21 heavy (non-hydrogen) atoms. The van der Waals surface area contributed by atoms with Crippen LogP contribution in [0.2, 0.25) is 0 Å². The van der Waals surface area contributed by atoms with Crippen LogP contribution >= 0.6 is 0 Å². The first-order valence-corrected chi connectivity index (χ1v) is 7.91. The number of hydrogen-bond donors (Lipinski definition) is 1. The Kier molecular flexibility index (Phi) is 6.00.